The Labute approximate surface area is 115 Å². The van der Waals surface area contributed by atoms with Crippen LogP contribution in [0.5, 0.6) is 0 Å². The van der Waals surface area contributed by atoms with Crippen LogP contribution in [0.2, 0.25) is 5.15 Å². The summed E-state index contributed by atoms with van der Waals surface area (Å²) in [7, 11) is -3.62. The van der Waals surface area contributed by atoms with E-state index in [0.717, 1.165) is 0 Å². The van der Waals surface area contributed by atoms with E-state index in [2.05, 4.69) is 19.7 Å². The van der Waals surface area contributed by atoms with Crippen molar-refractivity contribution in [3.63, 3.8) is 0 Å². The second-order valence-electron chi connectivity index (χ2n) is 3.74. The summed E-state index contributed by atoms with van der Waals surface area (Å²) in [6.45, 7) is 1.83. The van der Waals surface area contributed by atoms with Gasteiger partial charge in [0.1, 0.15) is 15.9 Å². The van der Waals surface area contributed by atoms with Crippen molar-refractivity contribution in [2.45, 2.75) is 18.4 Å². The van der Waals surface area contributed by atoms with E-state index in [1.165, 1.54) is 18.3 Å². The Balaban J connectivity index is 2.12. The number of hydrogen-bond acceptors (Lipinski definition) is 5. The third-order valence-corrected chi connectivity index (χ3v) is 3.90. The third-order valence-electron chi connectivity index (χ3n) is 2.29. The van der Waals surface area contributed by atoms with Crippen molar-refractivity contribution in [2.24, 2.45) is 0 Å². The molecule has 6 nitrogen and oxygen atoms in total. The lowest BCUT2D eigenvalue weighted by Gasteiger charge is -2.06. The quantitative estimate of drug-likeness (QED) is 0.860. The Hall–Kier alpha value is -1.57. The number of halogens is 1. The fourth-order valence-corrected chi connectivity index (χ4v) is 2.43. The van der Waals surface area contributed by atoms with Gasteiger partial charge < -0.3 is 0 Å². The summed E-state index contributed by atoms with van der Waals surface area (Å²) in [5.41, 5.74) is 0.595. The van der Waals surface area contributed by atoms with Gasteiger partial charge in [0, 0.05) is 12.4 Å². The van der Waals surface area contributed by atoms with Crippen molar-refractivity contribution in [3.05, 3.63) is 47.3 Å². The molecule has 2 aromatic heterocycles. The number of nitrogens with one attached hydrogen (secondary N) is 1. The number of hydrogen-bond donors (Lipinski definition) is 1. The molecule has 0 atom stereocenters. The highest BCUT2D eigenvalue weighted by Gasteiger charge is 2.14. The maximum atomic E-state index is 12.0. The van der Waals surface area contributed by atoms with Crippen LogP contribution in [0.4, 0.5) is 0 Å². The molecule has 0 aliphatic rings. The van der Waals surface area contributed by atoms with Gasteiger partial charge in [0.25, 0.3) is 0 Å². The summed E-state index contributed by atoms with van der Waals surface area (Å²) in [5, 5.41) is 0.241. The van der Waals surface area contributed by atoms with Gasteiger partial charge in [-0.05, 0) is 25.1 Å². The van der Waals surface area contributed by atoms with Gasteiger partial charge in [0.05, 0.1) is 12.2 Å². The maximum absolute atomic E-state index is 12.0. The zero-order valence-corrected chi connectivity index (χ0v) is 11.6. The van der Waals surface area contributed by atoms with E-state index in [1.807, 2.05) is 0 Å². The third kappa shape index (κ3) is 3.69. The summed E-state index contributed by atoms with van der Waals surface area (Å²) in [6.07, 6.45) is 2.78. The molecule has 2 aromatic rings. The molecule has 0 bridgehead atoms. The minimum atomic E-state index is -3.62. The highest BCUT2D eigenvalue weighted by molar-refractivity contribution is 7.89. The van der Waals surface area contributed by atoms with Gasteiger partial charge in [-0.2, -0.15) is 0 Å². The number of rotatable bonds is 4. The predicted octanol–water partition coefficient (Wildman–Crippen LogP) is 1.31. The molecule has 2 rings (SSSR count). The van der Waals surface area contributed by atoms with Gasteiger partial charge in [-0.25, -0.2) is 28.1 Å². The lowest BCUT2D eigenvalue weighted by atomic mass is 10.4. The summed E-state index contributed by atoms with van der Waals surface area (Å²) >= 11 is 5.61. The van der Waals surface area contributed by atoms with Crippen LogP contribution in [-0.4, -0.2) is 23.4 Å². The fourth-order valence-electron chi connectivity index (χ4n) is 1.38. The maximum Gasteiger partial charge on any atom is 0.242 e. The van der Waals surface area contributed by atoms with Crippen LogP contribution in [0.1, 0.15) is 11.5 Å². The van der Waals surface area contributed by atoms with Crippen molar-refractivity contribution in [3.8, 4) is 0 Å². The molecule has 0 amide bonds. The van der Waals surface area contributed by atoms with Crippen molar-refractivity contribution < 1.29 is 8.42 Å². The van der Waals surface area contributed by atoms with E-state index < -0.39 is 10.0 Å². The van der Waals surface area contributed by atoms with E-state index >= 15 is 0 Å². The number of nitrogens with zero attached hydrogens (tertiary/aromatic N) is 3. The number of aromatic nitrogens is 3. The van der Waals surface area contributed by atoms with E-state index in [-0.39, 0.29) is 16.6 Å². The average Bonchev–Trinajstić information content (AvgIpc) is 2.37. The molecule has 1 N–H and O–H groups in total. The standard InChI is InChI=1S/C11H11ClN4O2S/c1-8-13-5-4-9(16-8)6-15-19(17,18)10-2-3-11(12)14-7-10/h2-5,7,15H,6H2,1H3. The van der Waals surface area contributed by atoms with Crippen LogP contribution in [0.3, 0.4) is 0 Å². The minimum absolute atomic E-state index is 0.0580. The van der Waals surface area contributed by atoms with Crippen LogP contribution in [-0.2, 0) is 16.6 Å². The summed E-state index contributed by atoms with van der Waals surface area (Å²) < 4.78 is 26.4. The lowest BCUT2D eigenvalue weighted by molar-refractivity contribution is 0.579. The molecule has 0 aliphatic carbocycles. The molecular formula is C11H11ClN4O2S. The molecule has 0 spiro atoms. The molecule has 2 heterocycles. The Morgan fingerprint density at radius 3 is 2.68 bits per heavy atom. The summed E-state index contributed by atoms with van der Waals surface area (Å²) in [6, 6.07) is 4.46. The molecule has 100 valence electrons. The Morgan fingerprint density at radius 1 is 1.26 bits per heavy atom. The van der Waals surface area contributed by atoms with Crippen LogP contribution in [0, 0.1) is 6.92 Å². The summed E-state index contributed by atoms with van der Waals surface area (Å²) in [4.78, 5) is 11.8. The molecular weight excluding hydrogens is 288 g/mol. The van der Waals surface area contributed by atoms with Gasteiger partial charge in [-0.15, -0.1) is 0 Å². The highest BCUT2D eigenvalue weighted by Crippen LogP contribution is 2.11. The van der Waals surface area contributed by atoms with Gasteiger partial charge >= 0.3 is 0 Å². The van der Waals surface area contributed by atoms with Crippen LogP contribution >= 0.6 is 11.6 Å². The molecule has 19 heavy (non-hydrogen) atoms. The van der Waals surface area contributed by atoms with E-state index in [0.29, 0.717) is 11.5 Å². The van der Waals surface area contributed by atoms with E-state index in [1.54, 1.807) is 19.2 Å². The number of sulfonamides is 1. The van der Waals surface area contributed by atoms with Gasteiger partial charge in [0.15, 0.2) is 0 Å². The molecule has 0 aliphatic heterocycles. The smallest absolute Gasteiger partial charge is 0.242 e. The second kappa shape index (κ2) is 5.60. The van der Waals surface area contributed by atoms with Crippen molar-refractivity contribution in [2.75, 3.05) is 0 Å². The topological polar surface area (TPSA) is 84.8 Å². The first-order valence-electron chi connectivity index (χ1n) is 5.37. The monoisotopic (exact) mass is 298 g/mol. The minimum Gasteiger partial charge on any atom is -0.243 e. The SMILES string of the molecule is Cc1nccc(CNS(=O)(=O)c2ccc(Cl)nc2)n1. The Kier molecular flexibility index (Phi) is 4.08. The van der Waals surface area contributed by atoms with Gasteiger partial charge in [-0.1, -0.05) is 11.6 Å². The first-order chi connectivity index (χ1) is 8.97. The molecule has 0 unspecified atom stereocenters. The first kappa shape index (κ1) is 13.9. The number of pyridine rings is 1. The van der Waals surface area contributed by atoms with Crippen LogP contribution < -0.4 is 4.72 Å². The largest absolute Gasteiger partial charge is 0.243 e. The van der Waals surface area contributed by atoms with Gasteiger partial charge in [-0.3, -0.25) is 0 Å². The molecule has 0 fully saturated rings. The lowest BCUT2D eigenvalue weighted by Crippen LogP contribution is -2.24. The van der Waals surface area contributed by atoms with Crippen molar-refractivity contribution in [1.82, 2.24) is 19.7 Å². The molecule has 0 saturated heterocycles. The second-order valence-corrected chi connectivity index (χ2v) is 5.89. The Bertz CT molecular complexity index is 673. The molecule has 8 heteroatoms. The van der Waals surface area contributed by atoms with Crippen molar-refractivity contribution in [1.29, 1.82) is 0 Å². The summed E-state index contributed by atoms with van der Waals surface area (Å²) in [5.74, 6) is 0.588. The van der Waals surface area contributed by atoms with E-state index in [4.69, 9.17) is 11.6 Å². The molecule has 0 aromatic carbocycles. The van der Waals surface area contributed by atoms with E-state index in [9.17, 15) is 8.42 Å². The number of aryl methyl sites for hydroxylation is 1. The van der Waals surface area contributed by atoms with Gasteiger partial charge in [0.2, 0.25) is 10.0 Å². The zero-order valence-electron chi connectivity index (χ0n) is 10.0. The normalized spacial score (nSPS) is 11.5. The van der Waals surface area contributed by atoms with Crippen LogP contribution in [0.25, 0.3) is 0 Å². The molecule has 0 saturated carbocycles. The molecule has 0 radical (unpaired) electrons. The Morgan fingerprint density at radius 2 is 2.05 bits per heavy atom. The van der Waals surface area contributed by atoms with Crippen molar-refractivity contribution >= 4 is 21.6 Å². The predicted molar refractivity (Wildman–Crippen MR) is 70.0 cm³/mol. The zero-order chi connectivity index (χ0) is 13.9. The van der Waals surface area contributed by atoms with Crippen LogP contribution in [0.15, 0.2) is 35.5 Å². The average molecular weight is 299 g/mol. The highest BCUT2D eigenvalue weighted by atomic mass is 35.5. The fraction of sp³-hybridized carbons (Fsp3) is 0.182. The first-order valence-corrected chi connectivity index (χ1v) is 7.23.